The van der Waals surface area contributed by atoms with Gasteiger partial charge >= 0.3 is 0 Å². The van der Waals surface area contributed by atoms with Crippen LogP contribution in [0.15, 0.2) is 12.1 Å². The van der Waals surface area contributed by atoms with Crippen molar-refractivity contribution in [2.24, 2.45) is 5.92 Å². The highest BCUT2D eigenvalue weighted by molar-refractivity contribution is 5.42. The Bertz CT molecular complexity index is 389. The van der Waals surface area contributed by atoms with Gasteiger partial charge in [0.15, 0.2) is 11.5 Å². The Balaban J connectivity index is 2.12. The average Bonchev–Trinajstić information content (AvgIpc) is 2.34. The zero-order valence-corrected chi connectivity index (χ0v) is 10.0. The second-order valence-corrected chi connectivity index (χ2v) is 4.53. The molecule has 4 heteroatoms. The molecule has 2 rings (SSSR count). The highest BCUT2D eigenvalue weighted by Gasteiger charge is 2.17. The summed E-state index contributed by atoms with van der Waals surface area (Å²) in [5, 5.41) is 12.9. The van der Waals surface area contributed by atoms with Crippen LogP contribution in [0.2, 0.25) is 0 Å². The van der Waals surface area contributed by atoms with Crippen LogP contribution in [0.4, 0.5) is 4.39 Å². The monoisotopic (exact) mass is 239 g/mol. The third-order valence-electron chi connectivity index (χ3n) is 3.26. The van der Waals surface area contributed by atoms with E-state index in [1.54, 1.807) is 0 Å². The van der Waals surface area contributed by atoms with Gasteiger partial charge in [0.1, 0.15) is 5.82 Å². The molecule has 1 fully saturated rings. The minimum Gasteiger partial charge on any atom is -0.504 e. The highest BCUT2D eigenvalue weighted by atomic mass is 19.1. The van der Waals surface area contributed by atoms with Crippen molar-refractivity contribution >= 4 is 0 Å². The van der Waals surface area contributed by atoms with Gasteiger partial charge in [-0.05, 0) is 49.9 Å². The molecular weight excluding hydrogens is 221 g/mol. The Kier molecular flexibility index (Phi) is 3.84. The van der Waals surface area contributed by atoms with Gasteiger partial charge < -0.3 is 15.2 Å². The summed E-state index contributed by atoms with van der Waals surface area (Å²) in [6.07, 6.45) is 2.91. The molecule has 17 heavy (non-hydrogen) atoms. The largest absolute Gasteiger partial charge is 0.504 e. The SMILES string of the molecule is COc1cc(F)c(CC2CCCNC2)cc1O. The van der Waals surface area contributed by atoms with E-state index in [9.17, 15) is 9.50 Å². The minimum absolute atomic E-state index is 0.00710. The number of hydrogen-bond donors (Lipinski definition) is 2. The maximum atomic E-state index is 13.8. The number of hydrogen-bond acceptors (Lipinski definition) is 3. The quantitative estimate of drug-likeness (QED) is 0.848. The van der Waals surface area contributed by atoms with Crippen LogP contribution in [0.3, 0.4) is 0 Å². The fourth-order valence-electron chi connectivity index (χ4n) is 2.32. The minimum atomic E-state index is -0.301. The molecule has 0 aliphatic carbocycles. The number of phenols is 1. The predicted molar refractivity (Wildman–Crippen MR) is 63.9 cm³/mol. The van der Waals surface area contributed by atoms with Gasteiger partial charge in [-0.25, -0.2) is 4.39 Å². The molecule has 0 saturated carbocycles. The number of halogens is 1. The average molecular weight is 239 g/mol. The van der Waals surface area contributed by atoms with E-state index in [1.807, 2.05) is 0 Å². The molecule has 0 spiro atoms. The molecule has 3 nitrogen and oxygen atoms in total. The van der Waals surface area contributed by atoms with E-state index in [2.05, 4.69) is 5.32 Å². The van der Waals surface area contributed by atoms with E-state index < -0.39 is 0 Å². The first-order chi connectivity index (χ1) is 8.20. The molecule has 2 N–H and O–H groups in total. The maximum Gasteiger partial charge on any atom is 0.163 e. The third-order valence-corrected chi connectivity index (χ3v) is 3.26. The highest BCUT2D eigenvalue weighted by Crippen LogP contribution is 2.30. The van der Waals surface area contributed by atoms with Crippen molar-refractivity contribution < 1.29 is 14.2 Å². The molecule has 1 saturated heterocycles. The van der Waals surface area contributed by atoms with E-state index in [0.29, 0.717) is 17.9 Å². The zero-order valence-electron chi connectivity index (χ0n) is 10.0. The summed E-state index contributed by atoms with van der Waals surface area (Å²) in [6, 6.07) is 2.73. The Hall–Kier alpha value is -1.29. The van der Waals surface area contributed by atoms with Gasteiger partial charge in [0.05, 0.1) is 7.11 Å². The lowest BCUT2D eigenvalue weighted by Crippen LogP contribution is -2.31. The third kappa shape index (κ3) is 2.88. The van der Waals surface area contributed by atoms with Crippen LogP contribution in [-0.2, 0) is 6.42 Å². The van der Waals surface area contributed by atoms with Crippen molar-refractivity contribution in [2.45, 2.75) is 19.3 Å². The Morgan fingerprint density at radius 1 is 1.53 bits per heavy atom. The van der Waals surface area contributed by atoms with Crippen LogP contribution in [0, 0.1) is 11.7 Å². The molecule has 0 amide bonds. The van der Waals surface area contributed by atoms with Gasteiger partial charge in [-0.1, -0.05) is 0 Å². The number of ether oxygens (including phenoxy) is 1. The summed E-state index contributed by atoms with van der Waals surface area (Å²) in [6.45, 7) is 1.97. The van der Waals surface area contributed by atoms with Gasteiger partial charge in [0.2, 0.25) is 0 Å². The molecule has 94 valence electrons. The van der Waals surface area contributed by atoms with Gasteiger partial charge in [-0.15, -0.1) is 0 Å². The van der Waals surface area contributed by atoms with Gasteiger partial charge in [0, 0.05) is 6.07 Å². The van der Waals surface area contributed by atoms with Crippen molar-refractivity contribution in [1.82, 2.24) is 5.32 Å². The molecular formula is C13H18FNO2. The molecule has 1 aromatic rings. The second kappa shape index (κ2) is 5.36. The maximum absolute atomic E-state index is 13.8. The van der Waals surface area contributed by atoms with Crippen molar-refractivity contribution in [1.29, 1.82) is 0 Å². The lowest BCUT2D eigenvalue weighted by Gasteiger charge is -2.23. The first-order valence-corrected chi connectivity index (χ1v) is 5.97. The molecule has 0 radical (unpaired) electrons. The zero-order chi connectivity index (χ0) is 12.3. The second-order valence-electron chi connectivity index (χ2n) is 4.53. The predicted octanol–water partition coefficient (Wildman–Crippen LogP) is 2.08. The van der Waals surface area contributed by atoms with Crippen LogP contribution >= 0.6 is 0 Å². The smallest absolute Gasteiger partial charge is 0.163 e. The summed E-state index contributed by atoms with van der Waals surface area (Å²) < 4.78 is 18.6. The number of piperidine rings is 1. The summed E-state index contributed by atoms with van der Waals surface area (Å²) in [7, 11) is 1.42. The number of phenolic OH excluding ortho intramolecular Hbond substituents is 1. The molecule has 0 bridgehead atoms. The molecule has 0 aromatic heterocycles. The standard InChI is InChI=1S/C13H18FNO2/c1-17-13-7-11(14)10(6-12(13)16)5-9-3-2-4-15-8-9/h6-7,9,15-16H,2-5,8H2,1H3. The van der Waals surface area contributed by atoms with Crippen LogP contribution in [0.5, 0.6) is 11.5 Å². The first kappa shape index (κ1) is 12.2. The van der Waals surface area contributed by atoms with E-state index in [1.165, 1.54) is 19.2 Å². The van der Waals surface area contributed by atoms with Crippen molar-refractivity contribution in [3.63, 3.8) is 0 Å². The van der Waals surface area contributed by atoms with Crippen molar-refractivity contribution in [2.75, 3.05) is 20.2 Å². The summed E-state index contributed by atoms with van der Waals surface area (Å²) in [5.74, 6) is 0.344. The van der Waals surface area contributed by atoms with Gasteiger partial charge in [-0.3, -0.25) is 0 Å². The number of aromatic hydroxyl groups is 1. The van der Waals surface area contributed by atoms with Crippen molar-refractivity contribution in [3.05, 3.63) is 23.5 Å². The molecule has 1 atom stereocenters. The van der Waals surface area contributed by atoms with E-state index in [-0.39, 0.29) is 17.3 Å². The fourth-order valence-corrected chi connectivity index (χ4v) is 2.32. The normalized spacial score (nSPS) is 20.2. The van der Waals surface area contributed by atoms with Crippen LogP contribution in [-0.4, -0.2) is 25.3 Å². The van der Waals surface area contributed by atoms with E-state index in [0.717, 1.165) is 25.9 Å². The molecule has 1 heterocycles. The molecule has 1 aromatic carbocycles. The molecule has 1 aliphatic rings. The Morgan fingerprint density at radius 2 is 2.35 bits per heavy atom. The van der Waals surface area contributed by atoms with E-state index >= 15 is 0 Å². The summed E-state index contributed by atoms with van der Waals surface area (Å²) in [5.41, 5.74) is 0.567. The Labute approximate surface area is 101 Å². The van der Waals surface area contributed by atoms with Crippen LogP contribution < -0.4 is 10.1 Å². The summed E-state index contributed by atoms with van der Waals surface area (Å²) in [4.78, 5) is 0. The number of benzene rings is 1. The van der Waals surface area contributed by atoms with Crippen molar-refractivity contribution in [3.8, 4) is 11.5 Å². The molecule has 1 unspecified atom stereocenters. The first-order valence-electron chi connectivity index (χ1n) is 5.97. The van der Waals surface area contributed by atoms with Crippen LogP contribution in [0.1, 0.15) is 18.4 Å². The fraction of sp³-hybridized carbons (Fsp3) is 0.538. The van der Waals surface area contributed by atoms with Gasteiger partial charge in [0.25, 0.3) is 0 Å². The Morgan fingerprint density at radius 3 is 3.00 bits per heavy atom. The number of rotatable bonds is 3. The lowest BCUT2D eigenvalue weighted by atomic mass is 9.92. The summed E-state index contributed by atoms with van der Waals surface area (Å²) >= 11 is 0. The molecule has 1 aliphatic heterocycles. The number of nitrogens with one attached hydrogen (secondary N) is 1. The van der Waals surface area contributed by atoms with Crippen LogP contribution in [0.25, 0.3) is 0 Å². The topological polar surface area (TPSA) is 41.5 Å². The number of methoxy groups -OCH3 is 1. The van der Waals surface area contributed by atoms with E-state index in [4.69, 9.17) is 4.74 Å². The lowest BCUT2D eigenvalue weighted by molar-refractivity contribution is 0.360. The van der Waals surface area contributed by atoms with Gasteiger partial charge in [-0.2, -0.15) is 0 Å².